The van der Waals surface area contributed by atoms with Crippen molar-refractivity contribution in [1.29, 1.82) is 0 Å². The van der Waals surface area contributed by atoms with E-state index in [0.29, 0.717) is 0 Å². The standard InChI is InChI=1S/C5H12O4/c6-2-4(8)1-5(9)3-7/h4-9H,1-3H2. The highest BCUT2D eigenvalue weighted by Gasteiger charge is 2.08. The van der Waals surface area contributed by atoms with Crippen molar-refractivity contribution in [3.05, 3.63) is 0 Å². The average Bonchev–Trinajstić information content (AvgIpc) is 1.87. The number of aliphatic hydroxyl groups excluding tert-OH is 4. The van der Waals surface area contributed by atoms with Crippen LogP contribution < -0.4 is 0 Å². The van der Waals surface area contributed by atoms with Crippen LogP contribution >= 0.6 is 0 Å². The lowest BCUT2D eigenvalue weighted by atomic mass is 10.2. The second-order valence-electron chi connectivity index (χ2n) is 1.91. The highest BCUT2D eigenvalue weighted by molar-refractivity contribution is 4.59. The van der Waals surface area contributed by atoms with E-state index in [2.05, 4.69) is 0 Å². The first-order chi connectivity index (χ1) is 4.20. The summed E-state index contributed by atoms with van der Waals surface area (Å²) >= 11 is 0. The third-order valence-electron chi connectivity index (χ3n) is 0.966. The molecule has 0 saturated carbocycles. The molecule has 2 atom stereocenters. The van der Waals surface area contributed by atoms with Crippen molar-refractivity contribution >= 4 is 0 Å². The molecule has 0 heterocycles. The van der Waals surface area contributed by atoms with Gasteiger partial charge in [0.1, 0.15) is 0 Å². The molecule has 4 heteroatoms. The number of hydrogen-bond donors (Lipinski definition) is 4. The van der Waals surface area contributed by atoms with Gasteiger partial charge in [-0.05, 0) is 0 Å². The third-order valence-corrected chi connectivity index (χ3v) is 0.966. The lowest BCUT2D eigenvalue weighted by Crippen LogP contribution is -2.23. The fourth-order valence-corrected chi connectivity index (χ4v) is 0.463. The Kier molecular flexibility index (Phi) is 4.61. The van der Waals surface area contributed by atoms with Gasteiger partial charge in [-0.1, -0.05) is 0 Å². The van der Waals surface area contributed by atoms with E-state index in [1.54, 1.807) is 0 Å². The predicted octanol–water partition coefficient (Wildman–Crippen LogP) is -1.92. The Morgan fingerprint density at radius 2 is 1.22 bits per heavy atom. The van der Waals surface area contributed by atoms with Gasteiger partial charge in [-0.2, -0.15) is 0 Å². The van der Waals surface area contributed by atoms with Gasteiger partial charge in [-0.25, -0.2) is 0 Å². The average molecular weight is 136 g/mol. The first kappa shape index (κ1) is 8.84. The summed E-state index contributed by atoms with van der Waals surface area (Å²) in [7, 11) is 0. The Labute approximate surface area is 53.4 Å². The molecular weight excluding hydrogens is 124 g/mol. The molecule has 0 bridgehead atoms. The van der Waals surface area contributed by atoms with Gasteiger partial charge in [0.15, 0.2) is 0 Å². The van der Waals surface area contributed by atoms with Crippen LogP contribution in [-0.2, 0) is 0 Å². The van der Waals surface area contributed by atoms with Crippen LogP contribution in [0.25, 0.3) is 0 Å². The van der Waals surface area contributed by atoms with Gasteiger partial charge in [0.2, 0.25) is 0 Å². The maximum Gasteiger partial charge on any atom is 0.0796 e. The molecule has 0 amide bonds. The van der Waals surface area contributed by atoms with Crippen molar-refractivity contribution in [2.45, 2.75) is 18.6 Å². The fourth-order valence-electron chi connectivity index (χ4n) is 0.463. The Bertz CT molecular complexity index is 58.0. The summed E-state index contributed by atoms with van der Waals surface area (Å²) in [6, 6.07) is 0. The summed E-state index contributed by atoms with van der Waals surface area (Å²) in [6.07, 6.45) is -1.83. The first-order valence-corrected chi connectivity index (χ1v) is 2.78. The molecule has 2 unspecified atom stereocenters. The van der Waals surface area contributed by atoms with Gasteiger partial charge in [-0.3, -0.25) is 0 Å². The summed E-state index contributed by atoms with van der Waals surface area (Å²) in [4.78, 5) is 0. The van der Waals surface area contributed by atoms with Crippen molar-refractivity contribution in [1.82, 2.24) is 0 Å². The molecule has 0 aliphatic carbocycles. The Balaban J connectivity index is 3.22. The van der Waals surface area contributed by atoms with E-state index in [1.165, 1.54) is 0 Å². The van der Waals surface area contributed by atoms with Gasteiger partial charge in [0.25, 0.3) is 0 Å². The topological polar surface area (TPSA) is 80.9 Å². The molecule has 0 aliphatic heterocycles. The molecule has 0 spiro atoms. The summed E-state index contributed by atoms with van der Waals surface area (Å²) < 4.78 is 0. The molecule has 0 aromatic carbocycles. The maximum atomic E-state index is 8.64. The van der Waals surface area contributed by atoms with E-state index in [1.807, 2.05) is 0 Å². The molecule has 4 nitrogen and oxygen atoms in total. The Hall–Kier alpha value is -0.160. The van der Waals surface area contributed by atoms with Gasteiger partial charge in [0, 0.05) is 6.42 Å². The van der Waals surface area contributed by atoms with Crippen molar-refractivity contribution < 1.29 is 20.4 Å². The normalized spacial score (nSPS) is 17.3. The smallest absolute Gasteiger partial charge is 0.0796 e. The summed E-state index contributed by atoms with van der Waals surface area (Å²) in [5.41, 5.74) is 0. The van der Waals surface area contributed by atoms with Gasteiger partial charge in [-0.15, -0.1) is 0 Å². The molecule has 0 rings (SSSR count). The van der Waals surface area contributed by atoms with Crippen LogP contribution in [0.4, 0.5) is 0 Å². The fraction of sp³-hybridized carbons (Fsp3) is 1.00. The summed E-state index contributed by atoms with van der Waals surface area (Å²) in [5.74, 6) is 0. The van der Waals surface area contributed by atoms with Gasteiger partial charge in [0.05, 0.1) is 25.4 Å². The third kappa shape index (κ3) is 4.35. The highest BCUT2D eigenvalue weighted by Crippen LogP contribution is 1.95. The zero-order chi connectivity index (χ0) is 7.28. The summed E-state index contributed by atoms with van der Waals surface area (Å²) in [6.45, 7) is -0.756. The molecule has 4 N–H and O–H groups in total. The molecule has 0 radical (unpaired) electrons. The van der Waals surface area contributed by atoms with Crippen molar-refractivity contribution in [3.8, 4) is 0 Å². The van der Waals surface area contributed by atoms with E-state index >= 15 is 0 Å². The van der Waals surface area contributed by atoms with E-state index in [4.69, 9.17) is 20.4 Å². The second kappa shape index (κ2) is 4.69. The van der Waals surface area contributed by atoms with Crippen LogP contribution in [0.1, 0.15) is 6.42 Å². The molecular formula is C5H12O4. The van der Waals surface area contributed by atoms with Crippen molar-refractivity contribution in [3.63, 3.8) is 0 Å². The predicted molar refractivity (Wildman–Crippen MR) is 30.8 cm³/mol. The van der Waals surface area contributed by atoms with Crippen molar-refractivity contribution in [2.24, 2.45) is 0 Å². The summed E-state index contributed by atoms with van der Waals surface area (Å²) in [5, 5.41) is 33.7. The van der Waals surface area contributed by atoms with Crippen LogP contribution in [0.2, 0.25) is 0 Å². The molecule has 9 heavy (non-hydrogen) atoms. The van der Waals surface area contributed by atoms with Crippen LogP contribution in [0.5, 0.6) is 0 Å². The van der Waals surface area contributed by atoms with E-state index in [0.717, 1.165) is 0 Å². The number of rotatable bonds is 4. The zero-order valence-electron chi connectivity index (χ0n) is 5.06. The maximum absolute atomic E-state index is 8.64. The minimum atomic E-state index is -0.924. The quantitative estimate of drug-likeness (QED) is 0.363. The van der Waals surface area contributed by atoms with Crippen LogP contribution in [0, 0.1) is 0 Å². The van der Waals surface area contributed by atoms with Crippen LogP contribution in [-0.4, -0.2) is 45.8 Å². The minimum absolute atomic E-state index is 0.0208. The minimum Gasteiger partial charge on any atom is -0.394 e. The lowest BCUT2D eigenvalue weighted by Gasteiger charge is -2.09. The highest BCUT2D eigenvalue weighted by atomic mass is 16.3. The molecule has 0 aromatic rings. The lowest BCUT2D eigenvalue weighted by molar-refractivity contribution is 0.0182. The zero-order valence-corrected chi connectivity index (χ0v) is 5.06. The second-order valence-corrected chi connectivity index (χ2v) is 1.91. The van der Waals surface area contributed by atoms with Gasteiger partial charge >= 0.3 is 0 Å². The van der Waals surface area contributed by atoms with Crippen LogP contribution in [0.3, 0.4) is 0 Å². The van der Waals surface area contributed by atoms with E-state index < -0.39 is 12.2 Å². The largest absolute Gasteiger partial charge is 0.394 e. The molecule has 0 aromatic heterocycles. The Morgan fingerprint density at radius 3 is 1.44 bits per heavy atom. The Morgan fingerprint density at radius 1 is 0.889 bits per heavy atom. The van der Waals surface area contributed by atoms with E-state index in [9.17, 15) is 0 Å². The van der Waals surface area contributed by atoms with E-state index in [-0.39, 0.29) is 19.6 Å². The number of aliphatic hydroxyl groups is 4. The monoisotopic (exact) mass is 136 g/mol. The SMILES string of the molecule is OCC(O)CC(O)CO. The first-order valence-electron chi connectivity index (χ1n) is 2.78. The molecule has 0 saturated heterocycles. The van der Waals surface area contributed by atoms with Gasteiger partial charge < -0.3 is 20.4 Å². The molecule has 0 fully saturated rings. The molecule has 56 valence electrons. The number of hydrogen-bond acceptors (Lipinski definition) is 4. The van der Waals surface area contributed by atoms with Crippen molar-refractivity contribution in [2.75, 3.05) is 13.2 Å². The van der Waals surface area contributed by atoms with Crippen LogP contribution in [0.15, 0.2) is 0 Å². The molecule has 0 aliphatic rings.